The van der Waals surface area contributed by atoms with Crippen LogP contribution in [-0.4, -0.2) is 4.57 Å². The zero-order valence-corrected chi connectivity index (χ0v) is 13.8. The Morgan fingerprint density at radius 2 is 1.73 bits per heavy atom. The third kappa shape index (κ3) is 3.24. The minimum Gasteiger partial charge on any atom is -0.287 e. The molecule has 0 amide bonds. The van der Waals surface area contributed by atoms with Crippen LogP contribution in [0, 0.1) is 10.9 Å². The van der Waals surface area contributed by atoms with Crippen molar-refractivity contribution in [3.8, 4) is 10.4 Å². The van der Waals surface area contributed by atoms with Gasteiger partial charge in [-0.1, -0.05) is 60.2 Å². The number of aryl methyl sites for hydroxylation is 1. The van der Waals surface area contributed by atoms with Crippen molar-refractivity contribution >= 4 is 23.6 Å². The Hall–Kier alpha value is -2.04. The second kappa shape index (κ2) is 6.38. The highest BCUT2D eigenvalue weighted by molar-refractivity contribution is 7.73. The van der Waals surface area contributed by atoms with Gasteiger partial charge in [0.15, 0.2) is 3.95 Å². The standard InChI is InChI=1S/C18H15NOS2/c1-13-7-9-14(10-8-13)12-19-17(20)11-16(22-18(19)21)15-5-3-2-4-6-15/h2-11H,12H2,1H3. The van der Waals surface area contributed by atoms with E-state index in [1.165, 1.54) is 16.9 Å². The van der Waals surface area contributed by atoms with E-state index in [2.05, 4.69) is 0 Å². The maximum Gasteiger partial charge on any atom is 0.253 e. The summed E-state index contributed by atoms with van der Waals surface area (Å²) in [7, 11) is 0. The quantitative estimate of drug-likeness (QED) is 0.653. The first-order valence-corrected chi connectivity index (χ1v) is 8.22. The van der Waals surface area contributed by atoms with Crippen LogP contribution < -0.4 is 5.56 Å². The summed E-state index contributed by atoms with van der Waals surface area (Å²) in [4.78, 5) is 13.3. The van der Waals surface area contributed by atoms with Crippen LogP contribution in [0.4, 0.5) is 0 Å². The predicted octanol–water partition coefficient (Wildman–Crippen LogP) is 4.66. The van der Waals surface area contributed by atoms with E-state index in [4.69, 9.17) is 12.2 Å². The molecule has 3 rings (SSSR count). The fraction of sp³-hybridized carbons (Fsp3) is 0.111. The SMILES string of the molecule is Cc1ccc(Cn2c(=O)cc(-c3ccccc3)sc2=S)cc1. The van der Waals surface area contributed by atoms with Gasteiger partial charge >= 0.3 is 0 Å². The van der Waals surface area contributed by atoms with Gasteiger partial charge in [0.1, 0.15) is 0 Å². The molecule has 0 atom stereocenters. The van der Waals surface area contributed by atoms with Crippen LogP contribution in [0.2, 0.25) is 0 Å². The fourth-order valence-electron chi connectivity index (χ4n) is 2.22. The van der Waals surface area contributed by atoms with Gasteiger partial charge in [-0.25, -0.2) is 0 Å². The first kappa shape index (κ1) is 14.9. The van der Waals surface area contributed by atoms with Crippen molar-refractivity contribution in [1.29, 1.82) is 0 Å². The normalized spacial score (nSPS) is 10.6. The van der Waals surface area contributed by atoms with Crippen molar-refractivity contribution in [1.82, 2.24) is 4.57 Å². The van der Waals surface area contributed by atoms with E-state index in [9.17, 15) is 4.79 Å². The zero-order valence-electron chi connectivity index (χ0n) is 12.2. The highest BCUT2D eigenvalue weighted by Crippen LogP contribution is 2.22. The van der Waals surface area contributed by atoms with Crippen molar-refractivity contribution in [2.75, 3.05) is 0 Å². The number of nitrogens with zero attached hydrogens (tertiary/aromatic N) is 1. The van der Waals surface area contributed by atoms with Crippen LogP contribution >= 0.6 is 23.6 Å². The lowest BCUT2D eigenvalue weighted by Gasteiger charge is -2.08. The predicted molar refractivity (Wildman–Crippen MR) is 95.1 cm³/mol. The molecular formula is C18H15NOS2. The third-order valence-electron chi connectivity index (χ3n) is 3.46. The molecule has 2 nitrogen and oxygen atoms in total. The minimum atomic E-state index is -0.0526. The summed E-state index contributed by atoms with van der Waals surface area (Å²) in [6.45, 7) is 2.56. The summed E-state index contributed by atoms with van der Waals surface area (Å²) >= 11 is 6.90. The van der Waals surface area contributed by atoms with Crippen LogP contribution in [0.25, 0.3) is 10.4 Å². The first-order chi connectivity index (χ1) is 10.6. The summed E-state index contributed by atoms with van der Waals surface area (Å²) in [5.74, 6) is 0. The summed E-state index contributed by atoms with van der Waals surface area (Å²) in [6.07, 6.45) is 0. The van der Waals surface area contributed by atoms with Gasteiger partial charge in [-0.2, -0.15) is 0 Å². The van der Waals surface area contributed by atoms with Gasteiger partial charge in [0.2, 0.25) is 0 Å². The number of aromatic nitrogens is 1. The van der Waals surface area contributed by atoms with Crippen molar-refractivity contribution in [3.05, 3.63) is 86.1 Å². The summed E-state index contributed by atoms with van der Waals surface area (Å²) < 4.78 is 2.25. The van der Waals surface area contributed by atoms with Crippen LogP contribution in [-0.2, 0) is 6.54 Å². The molecule has 3 aromatic rings. The van der Waals surface area contributed by atoms with Crippen molar-refractivity contribution in [2.24, 2.45) is 0 Å². The lowest BCUT2D eigenvalue weighted by Crippen LogP contribution is -2.19. The molecule has 0 saturated heterocycles. The van der Waals surface area contributed by atoms with Gasteiger partial charge < -0.3 is 0 Å². The largest absolute Gasteiger partial charge is 0.287 e. The van der Waals surface area contributed by atoms with Gasteiger partial charge in [0.05, 0.1) is 6.54 Å². The molecule has 0 saturated carbocycles. The van der Waals surface area contributed by atoms with Gasteiger partial charge in [-0.05, 0) is 30.3 Å². The molecule has 0 fully saturated rings. The molecule has 1 heterocycles. The fourth-order valence-corrected chi connectivity index (χ4v) is 3.51. The van der Waals surface area contributed by atoms with Crippen molar-refractivity contribution in [3.63, 3.8) is 0 Å². The van der Waals surface area contributed by atoms with Crippen LogP contribution in [0.1, 0.15) is 11.1 Å². The Balaban J connectivity index is 1.99. The Morgan fingerprint density at radius 3 is 2.36 bits per heavy atom. The lowest BCUT2D eigenvalue weighted by atomic mass is 10.1. The monoisotopic (exact) mass is 325 g/mol. The first-order valence-electron chi connectivity index (χ1n) is 6.99. The smallest absolute Gasteiger partial charge is 0.253 e. The molecule has 2 aromatic carbocycles. The molecule has 0 radical (unpaired) electrons. The maximum atomic E-state index is 12.4. The van der Waals surface area contributed by atoms with E-state index in [0.717, 1.165) is 16.0 Å². The van der Waals surface area contributed by atoms with Crippen LogP contribution in [0.15, 0.2) is 65.5 Å². The average Bonchev–Trinajstić information content (AvgIpc) is 2.53. The zero-order chi connectivity index (χ0) is 15.5. The van der Waals surface area contributed by atoms with Crippen LogP contribution in [0.5, 0.6) is 0 Å². The second-order valence-corrected chi connectivity index (χ2v) is 6.83. The van der Waals surface area contributed by atoms with Gasteiger partial charge in [-0.3, -0.25) is 9.36 Å². The summed E-state index contributed by atoms with van der Waals surface area (Å²) in [6, 6.07) is 19.7. The van der Waals surface area contributed by atoms with Gasteiger partial charge in [-0.15, -0.1) is 11.3 Å². The van der Waals surface area contributed by atoms with E-state index in [1.807, 2.05) is 61.5 Å². The summed E-state index contributed by atoms with van der Waals surface area (Å²) in [5.41, 5.74) is 3.26. The van der Waals surface area contributed by atoms with Crippen molar-refractivity contribution in [2.45, 2.75) is 13.5 Å². The summed E-state index contributed by atoms with van der Waals surface area (Å²) in [5, 5.41) is 0. The Bertz CT molecular complexity index is 862. The van der Waals surface area contributed by atoms with Gasteiger partial charge in [0, 0.05) is 10.9 Å². The lowest BCUT2D eigenvalue weighted by molar-refractivity contribution is 0.762. The number of hydrogen-bond acceptors (Lipinski definition) is 3. The molecule has 110 valence electrons. The topological polar surface area (TPSA) is 22.0 Å². The Labute approximate surface area is 138 Å². The van der Waals surface area contributed by atoms with Crippen LogP contribution in [0.3, 0.4) is 0 Å². The average molecular weight is 325 g/mol. The highest BCUT2D eigenvalue weighted by Gasteiger charge is 2.05. The molecule has 0 bridgehead atoms. The second-order valence-electron chi connectivity index (χ2n) is 5.15. The highest BCUT2D eigenvalue weighted by atomic mass is 32.1. The number of benzene rings is 2. The van der Waals surface area contributed by atoms with Gasteiger partial charge in [0.25, 0.3) is 5.56 Å². The Kier molecular flexibility index (Phi) is 4.32. The minimum absolute atomic E-state index is 0.0526. The number of hydrogen-bond donors (Lipinski definition) is 0. The molecule has 4 heteroatoms. The molecular weight excluding hydrogens is 310 g/mol. The van der Waals surface area contributed by atoms with E-state index in [1.54, 1.807) is 10.6 Å². The molecule has 0 N–H and O–H groups in total. The molecule has 0 unspecified atom stereocenters. The van der Waals surface area contributed by atoms with E-state index in [0.29, 0.717) is 10.5 Å². The maximum absolute atomic E-state index is 12.4. The van der Waals surface area contributed by atoms with E-state index < -0.39 is 0 Å². The molecule has 0 spiro atoms. The molecule has 0 aliphatic carbocycles. The van der Waals surface area contributed by atoms with E-state index >= 15 is 0 Å². The molecule has 0 aliphatic rings. The van der Waals surface area contributed by atoms with Crippen molar-refractivity contribution < 1.29 is 0 Å². The molecule has 0 aliphatic heterocycles. The molecule has 1 aromatic heterocycles. The van der Waals surface area contributed by atoms with E-state index in [-0.39, 0.29) is 5.56 Å². The molecule has 22 heavy (non-hydrogen) atoms. The third-order valence-corrected chi connectivity index (χ3v) is 4.90. The number of rotatable bonds is 3. The Morgan fingerprint density at radius 1 is 1.05 bits per heavy atom.